The van der Waals surface area contributed by atoms with Gasteiger partial charge in [0, 0.05) is 44.4 Å². The first-order chi connectivity index (χ1) is 16.6. The molecule has 1 aliphatic rings. The molecule has 0 bridgehead atoms. The van der Waals surface area contributed by atoms with Crippen molar-refractivity contribution in [3.05, 3.63) is 58.5 Å². The number of nitrogens with one attached hydrogen (secondary N) is 2. The van der Waals surface area contributed by atoms with E-state index in [1.165, 1.54) is 12.1 Å². The molecule has 1 fully saturated rings. The zero-order valence-corrected chi connectivity index (χ0v) is 20.3. The largest absolute Gasteiger partial charge is 0.354 e. The highest BCUT2D eigenvalue weighted by molar-refractivity contribution is 7.92. The van der Waals surface area contributed by atoms with Crippen molar-refractivity contribution in [1.29, 1.82) is 0 Å². The summed E-state index contributed by atoms with van der Waals surface area (Å²) in [6, 6.07) is 5.82. The molecule has 1 aliphatic heterocycles. The van der Waals surface area contributed by atoms with Crippen LogP contribution in [-0.2, 0) is 28.0 Å². The third-order valence-electron chi connectivity index (χ3n) is 5.38. The molecule has 2 aromatic rings. The molecule has 0 unspecified atom stereocenters. The van der Waals surface area contributed by atoms with E-state index >= 15 is 0 Å². The van der Waals surface area contributed by atoms with Gasteiger partial charge < -0.3 is 15.1 Å². The van der Waals surface area contributed by atoms with Crippen molar-refractivity contribution in [3.63, 3.8) is 0 Å². The van der Waals surface area contributed by atoms with Crippen LogP contribution >= 0.6 is 0 Å². The van der Waals surface area contributed by atoms with Crippen LogP contribution in [0, 0.1) is 18.2 Å². The standard InChI is InChI=1S/C24H27F2N5O3S/c1-4-18-13-17(14-21(26)23(18)29-35(3,33)34)16-27-22(32)8-6-19-5-7-20(15-25)28-24(19)31-11-9-30(2)10-12-31/h1,5-8,13-14,29H,9-12,15-16H2,2-3H3,(H,27,32)/b8-6+. The Kier molecular flexibility index (Phi) is 8.43. The summed E-state index contributed by atoms with van der Waals surface area (Å²) in [5, 5.41) is 2.64. The van der Waals surface area contributed by atoms with Crippen LogP contribution in [0.3, 0.4) is 0 Å². The first-order valence-corrected chi connectivity index (χ1v) is 12.7. The number of rotatable bonds is 8. The number of sulfonamides is 1. The number of likely N-dealkylation sites (N-methyl/N-ethyl adjacent to an activating group) is 1. The number of piperazine rings is 1. The van der Waals surface area contributed by atoms with E-state index in [2.05, 4.69) is 30.7 Å². The van der Waals surface area contributed by atoms with E-state index < -0.39 is 28.4 Å². The molecule has 0 aliphatic carbocycles. The summed E-state index contributed by atoms with van der Waals surface area (Å²) in [4.78, 5) is 21.1. The van der Waals surface area contributed by atoms with Gasteiger partial charge >= 0.3 is 0 Å². The second kappa shape index (κ2) is 11.3. The minimum absolute atomic E-state index is 0.0195. The predicted molar refractivity (Wildman–Crippen MR) is 132 cm³/mol. The van der Waals surface area contributed by atoms with Gasteiger partial charge in [0.2, 0.25) is 15.9 Å². The van der Waals surface area contributed by atoms with Gasteiger partial charge in [-0.2, -0.15) is 0 Å². The van der Waals surface area contributed by atoms with Crippen LogP contribution in [0.1, 0.15) is 22.4 Å². The maximum absolute atomic E-state index is 14.4. The number of anilines is 2. The highest BCUT2D eigenvalue weighted by Gasteiger charge is 2.18. The van der Waals surface area contributed by atoms with E-state index in [-0.39, 0.29) is 17.8 Å². The van der Waals surface area contributed by atoms with Gasteiger partial charge in [-0.3, -0.25) is 9.52 Å². The molecule has 3 rings (SSSR count). The normalized spacial score (nSPS) is 14.7. The van der Waals surface area contributed by atoms with Gasteiger partial charge in [0.1, 0.15) is 18.3 Å². The number of aromatic nitrogens is 1. The van der Waals surface area contributed by atoms with Crippen LogP contribution in [0.5, 0.6) is 0 Å². The molecular weight excluding hydrogens is 476 g/mol. The molecule has 8 nitrogen and oxygen atoms in total. The molecular formula is C24H27F2N5O3S. The fourth-order valence-electron chi connectivity index (χ4n) is 3.56. The minimum Gasteiger partial charge on any atom is -0.354 e. The Morgan fingerprint density at radius 3 is 2.60 bits per heavy atom. The molecule has 0 saturated carbocycles. The topological polar surface area (TPSA) is 94.6 Å². The quantitative estimate of drug-likeness (QED) is 0.424. The van der Waals surface area contributed by atoms with Gasteiger partial charge in [0.05, 0.1) is 23.2 Å². The molecule has 0 spiro atoms. The Hall–Kier alpha value is -3.49. The van der Waals surface area contributed by atoms with Crippen LogP contribution in [0.4, 0.5) is 20.3 Å². The third kappa shape index (κ3) is 7.24. The SMILES string of the molecule is C#Cc1cc(CNC(=O)/C=C/c2ccc(CF)nc2N2CCN(C)CC2)cc(F)c1NS(C)(=O)=O. The molecule has 1 saturated heterocycles. The maximum atomic E-state index is 14.4. The number of carbonyl (C=O) groups excluding carboxylic acids is 1. The third-order valence-corrected chi connectivity index (χ3v) is 5.95. The molecule has 2 heterocycles. The number of pyridine rings is 1. The second-order valence-electron chi connectivity index (χ2n) is 8.21. The van der Waals surface area contributed by atoms with Crippen molar-refractivity contribution < 1.29 is 22.0 Å². The van der Waals surface area contributed by atoms with Crippen LogP contribution in [0.25, 0.3) is 6.08 Å². The molecule has 0 radical (unpaired) electrons. The molecule has 11 heteroatoms. The summed E-state index contributed by atoms with van der Waals surface area (Å²) in [6.07, 6.45) is 9.21. The number of alkyl halides is 1. The number of hydrogen-bond donors (Lipinski definition) is 2. The van der Waals surface area contributed by atoms with Gasteiger partial charge in [-0.25, -0.2) is 22.2 Å². The van der Waals surface area contributed by atoms with Crippen LogP contribution in [0.15, 0.2) is 30.3 Å². The fraction of sp³-hybridized carbons (Fsp3) is 0.333. The Balaban J connectivity index is 1.71. The van der Waals surface area contributed by atoms with E-state index in [4.69, 9.17) is 6.42 Å². The molecule has 2 N–H and O–H groups in total. The van der Waals surface area contributed by atoms with Crippen LogP contribution in [0.2, 0.25) is 0 Å². The van der Waals surface area contributed by atoms with Gasteiger partial charge in [0.25, 0.3) is 0 Å². The number of carbonyl (C=O) groups is 1. The Bertz CT molecular complexity index is 1270. The van der Waals surface area contributed by atoms with Crippen LogP contribution in [-0.4, -0.2) is 63.7 Å². The number of amides is 1. The smallest absolute Gasteiger partial charge is 0.244 e. The van der Waals surface area contributed by atoms with Gasteiger partial charge in [0.15, 0.2) is 0 Å². The van der Waals surface area contributed by atoms with Crippen molar-refractivity contribution in [2.45, 2.75) is 13.2 Å². The van der Waals surface area contributed by atoms with Crippen molar-refractivity contribution >= 4 is 33.5 Å². The minimum atomic E-state index is -3.72. The first kappa shape index (κ1) is 26.1. The molecule has 1 amide bonds. The molecule has 1 aromatic heterocycles. The van der Waals surface area contributed by atoms with Crippen molar-refractivity contribution in [1.82, 2.24) is 15.2 Å². The van der Waals surface area contributed by atoms with E-state index in [1.807, 2.05) is 7.05 Å². The molecule has 35 heavy (non-hydrogen) atoms. The van der Waals surface area contributed by atoms with Gasteiger partial charge in [-0.15, -0.1) is 6.42 Å². The molecule has 1 aromatic carbocycles. The lowest BCUT2D eigenvalue weighted by molar-refractivity contribution is -0.116. The van der Waals surface area contributed by atoms with E-state index in [0.29, 0.717) is 22.6 Å². The highest BCUT2D eigenvalue weighted by Crippen LogP contribution is 2.24. The predicted octanol–water partition coefficient (Wildman–Crippen LogP) is 2.12. The lowest BCUT2D eigenvalue weighted by atomic mass is 10.1. The van der Waals surface area contributed by atoms with E-state index in [9.17, 15) is 22.0 Å². The summed E-state index contributed by atoms with van der Waals surface area (Å²) in [5.74, 6) is 1.58. The first-order valence-electron chi connectivity index (χ1n) is 10.8. The zero-order chi connectivity index (χ0) is 25.6. The Labute approximate surface area is 204 Å². The Morgan fingerprint density at radius 1 is 1.26 bits per heavy atom. The number of benzene rings is 1. The average Bonchev–Trinajstić information content (AvgIpc) is 2.82. The summed E-state index contributed by atoms with van der Waals surface area (Å²) < 4.78 is 52.6. The van der Waals surface area contributed by atoms with Crippen molar-refractivity contribution in [3.8, 4) is 12.3 Å². The number of terminal acetylenes is 1. The number of nitrogens with zero attached hydrogens (tertiary/aromatic N) is 3. The van der Waals surface area contributed by atoms with Gasteiger partial charge in [-0.1, -0.05) is 5.92 Å². The second-order valence-corrected chi connectivity index (χ2v) is 9.96. The molecule has 186 valence electrons. The Morgan fingerprint density at radius 2 is 1.97 bits per heavy atom. The molecule has 0 atom stereocenters. The van der Waals surface area contributed by atoms with Crippen molar-refractivity contribution in [2.24, 2.45) is 0 Å². The number of halogens is 2. The lowest BCUT2D eigenvalue weighted by Gasteiger charge is -2.34. The summed E-state index contributed by atoms with van der Waals surface area (Å²) in [6.45, 7) is 2.46. The van der Waals surface area contributed by atoms with E-state index in [0.717, 1.165) is 38.5 Å². The zero-order valence-electron chi connectivity index (χ0n) is 19.5. The van der Waals surface area contributed by atoms with Crippen molar-refractivity contribution in [2.75, 3.05) is 49.1 Å². The maximum Gasteiger partial charge on any atom is 0.244 e. The summed E-state index contributed by atoms with van der Waals surface area (Å²) in [5.41, 5.74) is 1.07. The fourth-order valence-corrected chi connectivity index (χ4v) is 4.13. The lowest BCUT2D eigenvalue weighted by Crippen LogP contribution is -2.45. The number of hydrogen-bond acceptors (Lipinski definition) is 6. The monoisotopic (exact) mass is 503 g/mol. The summed E-state index contributed by atoms with van der Waals surface area (Å²) in [7, 11) is -1.69. The van der Waals surface area contributed by atoms with Gasteiger partial charge in [-0.05, 0) is 43.0 Å². The highest BCUT2D eigenvalue weighted by atomic mass is 32.2. The average molecular weight is 504 g/mol. The van der Waals surface area contributed by atoms with E-state index in [1.54, 1.807) is 18.2 Å². The summed E-state index contributed by atoms with van der Waals surface area (Å²) >= 11 is 0. The van der Waals surface area contributed by atoms with Crippen LogP contribution < -0.4 is 14.9 Å².